The van der Waals surface area contributed by atoms with E-state index in [1.807, 2.05) is 30.1 Å². The Morgan fingerprint density at radius 2 is 1.77 bits per heavy atom. The van der Waals surface area contributed by atoms with E-state index in [2.05, 4.69) is 68.6 Å². The summed E-state index contributed by atoms with van der Waals surface area (Å²) in [6.45, 7) is 6.86. The number of aryl methyl sites for hydroxylation is 1. The second kappa shape index (κ2) is 10.4. The van der Waals surface area contributed by atoms with E-state index in [0.29, 0.717) is 24.2 Å². The van der Waals surface area contributed by atoms with Gasteiger partial charge in [-0.1, -0.05) is 80.1 Å². The van der Waals surface area contributed by atoms with Crippen molar-refractivity contribution in [2.24, 2.45) is 28.6 Å². The normalized spacial score (nSPS) is 33.8. The first-order valence-electron chi connectivity index (χ1n) is 15.2. The molecule has 1 N–H and O–H groups in total. The number of benzene rings is 2. The molecule has 212 valence electrons. The Morgan fingerprint density at radius 1 is 1.02 bits per heavy atom. The molecule has 0 bridgehead atoms. The molecule has 5 heteroatoms. The number of allylic oxidation sites excluding steroid dienone is 2. The second-order valence-electron chi connectivity index (χ2n) is 13.4. The summed E-state index contributed by atoms with van der Waals surface area (Å²) in [5.41, 5.74) is 4.83. The van der Waals surface area contributed by atoms with Crippen LogP contribution in [-0.4, -0.2) is 30.1 Å². The van der Waals surface area contributed by atoms with Gasteiger partial charge in [0.05, 0.1) is 6.04 Å². The Bertz CT molecular complexity index is 1290. The van der Waals surface area contributed by atoms with Crippen LogP contribution in [0.15, 0.2) is 66.4 Å². The first-order valence-corrected chi connectivity index (χ1v) is 15.2. The number of carbonyl (C=O) groups excluding carboxylic acids is 2. The van der Waals surface area contributed by atoms with Crippen LogP contribution in [0.2, 0.25) is 0 Å². The zero-order valence-corrected chi connectivity index (χ0v) is 24.5. The van der Waals surface area contributed by atoms with Crippen molar-refractivity contribution in [3.63, 3.8) is 0 Å². The maximum Gasteiger partial charge on any atom is 0.407 e. The molecule has 6 rings (SSSR count). The lowest BCUT2D eigenvalue weighted by atomic mass is 9.49. The van der Waals surface area contributed by atoms with Crippen molar-refractivity contribution in [2.45, 2.75) is 84.3 Å². The van der Waals surface area contributed by atoms with Crippen LogP contribution in [0.4, 0.5) is 4.79 Å². The highest BCUT2D eigenvalue weighted by Gasteiger charge is 2.60. The average molecular weight is 541 g/mol. The first-order chi connectivity index (χ1) is 19.2. The SMILES string of the molecule is Cc1ccc(CC(NC(=O)O[C@H]2CC[C@H]3[C@@H]4CC=C5N(C)C(=O)CC[C@]5(C)[C@H]4CC[C@]23C)c2ccccc2)cc1. The summed E-state index contributed by atoms with van der Waals surface area (Å²) in [6, 6.07) is 18.6. The predicted octanol–water partition coefficient (Wildman–Crippen LogP) is 7.36. The molecule has 1 aliphatic heterocycles. The van der Waals surface area contributed by atoms with Crippen LogP contribution in [0.5, 0.6) is 0 Å². The molecule has 3 aliphatic carbocycles. The Hall–Kier alpha value is -3.08. The highest BCUT2D eigenvalue weighted by atomic mass is 16.6. The first kappa shape index (κ1) is 27.1. The fourth-order valence-corrected chi connectivity index (χ4v) is 8.93. The van der Waals surface area contributed by atoms with Crippen LogP contribution in [-0.2, 0) is 16.0 Å². The van der Waals surface area contributed by atoms with E-state index < -0.39 is 0 Å². The topological polar surface area (TPSA) is 58.6 Å². The van der Waals surface area contributed by atoms with Gasteiger partial charge in [-0.15, -0.1) is 0 Å². The number of hydrogen-bond acceptors (Lipinski definition) is 3. The molecule has 0 spiro atoms. The quantitative estimate of drug-likeness (QED) is 0.431. The van der Waals surface area contributed by atoms with Gasteiger partial charge in [0.15, 0.2) is 0 Å². The summed E-state index contributed by atoms with van der Waals surface area (Å²) in [6.07, 6.45) is 9.58. The molecule has 0 aromatic heterocycles. The van der Waals surface area contributed by atoms with E-state index in [9.17, 15) is 9.59 Å². The number of fused-ring (bicyclic) bond motifs is 5. The standard InChI is InChI=1S/C35H44N2O3/c1-23-10-12-24(13-11-23)22-29(25-8-6-5-7-9-25)36-33(39)40-31-17-15-27-26-14-16-30-34(2,21-19-32(38)37(30)4)28(26)18-20-35(27,31)3/h5-13,16,26-29,31H,14-15,17-22H2,1-4H3,(H,36,39)/t26-,27-,28-,29?,31-,34+,35-/m0/s1. The fourth-order valence-electron chi connectivity index (χ4n) is 8.93. The van der Waals surface area contributed by atoms with Gasteiger partial charge in [0, 0.05) is 30.0 Å². The molecule has 0 radical (unpaired) electrons. The molecule has 7 atom stereocenters. The lowest BCUT2D eigenvalue weighted by Crippen LogP contribution is -2.54. The van der Waals surface area contributed by atoms with Gasteiger partial charge in [-0.3, -0.25) is 4.79 Å². The lowest BCUT2D eigenvalue weighted by Gasteiger charge is -2.58. The number of carbonyl (C=O) groups is 2. The summed E-state index contributed by atoms with van der Waals surface area (Å²) in [7, 11) is 1.96. The summed E-state index contributed by atoms with van der Waals surface area (Å²) in [4.78, 5) is 27.8. The zero-order valence-electron chi connectivity index (χ0n) is 24.5. The largest absolute Gasteiger partial charge is 0.446 e. The molecule has 40 heavy (non-hydrogen) atoms. The van der Waals surface area contributed by atoms with Crippen molar-refractivity contribution in [3.8, 4) is 0 Å². The Balaban J connectivity index is 1.16. The molecule has 1 heterocycles. The van der Waals surface area contributed by atoms with Crippen LogP contribution >= 0.6 is 0 Å². The van der Waals surface area contributed by atoms with Gasteiger partial charge in [-0.25, -0.2) is 4.79 Å². The number of hydrogen-bond donors (Lipinski definition) is 1. The van der Waals surface area contributed by atoms with Crippen LogP contribution in [0.3, 0.4) is 0 Å². The van der Waals surface area contributed by atoms with Crippen LogP contribution < -0.4 is 5.32 Å². The number of piperidine rings is 1. The highest BCUT2D eigenvalue weighted by molar-refractivity contribution is 5.79. The summed E-state index contributed by atoms with van der Waals surface area (Å²) in [5.74, 6) is 1.97. The minimum absolute atomic E-state index is 0.00417. The monoisotopic (exact) mass is 540 g/mol. The third kappa shape index (κ3) is 4.65. The molecule has 1 unspecified atom stereocenters. The maximum atomic E-state index is 13.5. The van der Waals surface area contributed by atoms with Gasteiger partial charge in [0.2, 0.25) is 5.91 Å². The maximum absolute atomic E-state index is 13.5. The van der Waals surface area contributed by atoms with Crippen molar-refractivity contribution in [1.82, 2.24) is 10.2 Å². The van der Waals surface area contributed by atoms with Gasteiger partial charge < -0.3 is 15.0 Å². The van der Waals surface area contributed by atoms with E-state index in [1.165, 1.54) is 16.8 Å². The van der Waals surface area contributed by atoms with Crippen LogP contribution in [0, 0.1) is 35.5 Å². The molecule has 2 saturated carbocycles. The van der Waals surface area contributed by atoms with Gasteiger partial charge in [-0.2, -0.15) is 0 Å². The predicted molar refractivity (Wildman–Crippen MR) is 157 cm³/mol. The van der Waals surface area contributed by atoms with Gasteiger partial charge in [-0.05, 0) is 80.8 Å². The molecule has 1 saturated heterocycles. The average Bonchev–Trinajstić information content (AvgIpc) is 3.28. The number of likely N-dealkylation sites (tertiary alicyclic amines) is 1. The Kier molecular flexibility index (Phi) is 7.04. The smallest absolute Gasteiger partial charge is 0.407 e. The number of alkyl carbamates (subject to hydrolysis) is 1. The van der Waals surface area contributed by atoms with E-state index >= 15 is 0 Å². The fraction of sp³-hybridized carbons (Fsp3) is 0.543. The number of ether oxygens (including phenoxy) is 1. The van der Waals surface area contributed by atoms with Gasteiger partial charge in [0.1, 0.15) is 6.10 Å². The van der Waals surface area contributed by atoms with E-state index in [1.54, 1.807) is 0 Å². The van der Waals surface area contributed by atoms with E-state index in [-0.39, 0.29) is 35.0 Å². The molecule has 4 aliphatic rings. The molecule has 2 aromatic carbocycles. The molecular weight excluding hydrogens is 496 g/mol. The third-order valence-electron chi connectivity index (χ3n) is 11.2. The van der Waals surface area contributed by atoms with Crippen molar-refractivity contribution in [2.75, 3.05) is 7.05 Å². The van der Waals surface area contributed by atoms with Crippen molar-refractivity contribution in [1.29, 1.82) is 0 Å². The minimum Gasteiger partial charge on any atom is -0.446 e. The molecular formula is C35H44N2O3. The molecule has 5 nitrogen and oxygen atoms in total. The van der Waals surface area contributed by atoms with Crippen molar-refractivity contribution < 1.29 is 14.3 Å². The molecule has 3 fully saturated rings. The number of amides is 2. The van der Waals surface area contributed by atoms with Gasteiger partial charge >= 0.3 is 6.09 Å². The minimum atomic E-state index is -0.305. The summed E-state index contributed by atoms with van der Waals surface area (Å²) in [5, 5.41) is 3.24. The van der Waals surface area contributed by atoms with Gasteiger partial charge in [0.25, 0.3) is 0 Å². The van der Waals surface area contributed by atoms with E-state index in [0.717, 1.165) is 50.5 Å². The number of rotatable bonds is 5. The van der Waals surface area contributed by atoms with E-state index in [4.69, 9.17) is 4.74 Å². The number of nitrogens with zero attached hydrogens (tertiary/aromatic N) is 1. The zero-order chi connectivity index (χ0) is 28.1. The van der Waals surface area contributed by atoms with Crippen LogP contribution in [0.25, 0.3) is 0 Å². The molecule has 2 amide bonds. The lowest BCUT2D eigenvalue weighted by molar-refractivity contribution is -0.136. The van der Waals surface area contributed by atoms with Crippen LogP contribution in [0.1, 0.15) is 81.5 Å². The molecule has 2 aromatic rings. The summed E-state index contributed by atoms with van der Waals surface area (Å²) >= 11 is 0. The summed E-state index contributed by atoms with van der Waals surface area (Å²) < 4.78 is 6.32. The second-order valence-corrected chi connectivity index (χ2v) is 13.4. The highest BCUT2D eigenvalue weighted by Crippen LogP contribution is 2.64. The van der Waals surface area contributed by atoms with Crippen molar-refractivity contribution >= 4 is 12.0 Å². The van der Waals surface area contributed by atoms with Crippen molar-refractivity contribution in [3.05, 3.63) is 83.1 Å². The number of nitrogens with one attached hydrogen (secondary N) is 1. The Morgan fingerprint density at radius 3 is 2.52 bits per heavy atom. The Labute approximate surface area is 239 Å². The third-order valence-corrected chi connectivity index (χ3v) is 11.2.